The summed E-state index contributed by atoms with van der Waals surface area (Å²) >= 11 is 0. The van der Waals surface area contributed by atoms with Gasteiger partial charge in [-0.3, -0.25) is 4.79 Å². The predicted octanol–water partition coefficient (Wildman–Crippen LogP) is 4.26. The molecule has 0 amide bonds. The molecule has 2 heteroatoms. The first-order valence-electron chi connectivity index (χ1n) is 7.16. The van der Waals surface area contributed by atoms with Crippen molar-refractivity contribution in [2.75, 3.05) is 0 Å². The van der Waals surface area contributed by atoms with E-state index in [4.69, 9.17) is 5.11 Å². The molecular weight excluding hydrogens is 260 g/mol. The standard InChI is InChI=1S/C19H20O2/c1-15(18-6-4-2-3-5-7-18)8-9-16-10-12-17(13-11-16)14-19(20)21/h2-13,15,18H,14H2,1H3,(H,20,21)/b9-8+. The van der Waals surface area contributed by atoms with Crippen LogP contribution < -0.4 is 0 Å². The van der Waals surface area contributed by atoms with Gasteiger partial charge >= 0.3 is 5.97 Å². The van der Waals surface area contributed by atoms with Crippen LogP contribution in [0.1, 0.15) is 18.1 Å². The molecule has 0 saturated heterocycles. The minimum absolute atomic E-state index is 0.0745. The zero-order valence-electron chi connectivity index (χ0n) is 12.1. The van der Waals surface area contributed by atoms with E-state index in [-0.39, 0.29) is 6.42 Å². The van der Waals surface area contributed by atoms with E-state index in [1.54, 1.807) is 0 Å². The molecule has 1 atom stereocenters. The second-order valence-corrected chi connectivity index (χ2v) is 5.26. The average molecular weight is 280 g/mol. The van der Waals surface area contributed by atoms with Gasteiger partial charge in [0.2, 0.25) is 0 Å². The Morgan fingerprint density at radius 2 is 1.76 bits per heavy atom. The van der Waals surface area contributed by atoms with Gasteiger partial charge in [-0.05, 0) is 17.0 Å². The lowest BCUT2D eigenvalue weighted by atomic mass is 9.92. The molecule has 1 N–H and O–H groups in total. The van der Waals surface area contributed by atoms with Crippen molar-refractivity contribution >= 4 is 12.0 Å². The highest BCUT2D eigenvalue weighted by molar-refractivity contribution is 5.70. The molecule has 0 radical (unpaired) electrons. The number of rotatable bonds is 5. The van der Waals surface area contributed by atoms with Crippen LogP contribution in [0.15, 0.2) is 66.8 Å². The Hall–Kier alpha value is -2.35. The van der Waals surface area contributed by atoms with Gasteiger partial charge in [-0.2, -0.15) is 0 Å². The molecule has 0 fully saturated rings. The van der Waals surface area contributed by atoms with E-state index in [1.807, 2.05) is 36.4 Å². The minimum atomic E-state index is -0.799. The number of carboxylic acid groups (broad SMARTS) is 1. The first-order chi connectivity index (χ1) is 10.1. The lowest BCUT2D eigenvalue weighted by Gasteiger charge is -2.12. The first-order valence-corrected chi connectivity index (χ1v) is 7.16. The molecule has 1 aromatic rings. The molecule has 0 bridgehead atoms. The number of carboxylic acids is 1. The van der Waals surface area contributed by atoms with Crippen LogP contribution in [0.2, 0.25) is 0 Å². The van der Waals surface area contributed by atoms with Gasteiger partial charge in [0.1, 0.15) is 0 Å². The maximum Gasteiger partial charge on any atom is 0.307 e. The molecule has 1 aliphatic carbocycles. The van der Waals surface area contributed by atoms with Gasteiger partial charge in [0.25, 0.3) is 0 Å². The van der Waals surface area contributed by atoms with Crippen molar-refractivity contribution in [1.29, 1.82) is 0 Å². The summed E-state index contributed by atoms with van der Waals surface area (Å²) in [6, 6.07) is 7.66. The molecule has 0 saturated carbocycles. The van der Waals surface area contributed by atoms with Crippen molar-refractivity contribution in [3.05, 3.63) is 77.9 Å². The van der Waals surface area contributed by atoms with Crippen LogP contribution in [0, 0.1) is 11.8 Å². The summed E-state index contributed by atoms with van der Waals surface area (Å²) in [5, 5.41) is 8.75. The monoisotopic (exact) mass is 280 g/mol. The van der Waals surface area contributed by atoms with E-state index in [9.17, 15) is 4.79 Å². The summed E-state index contributed by atoms with van der Waals surface area (Å²) in [6.07, 6.45) is 17.0. The van der Waals surface area contributed by atoms with Crippen molar-refractivity contribution in [2.45, 2.75) is 13.3 Å². The normalized spacial score (nSPS) is 16.2. The van der Waals surface area contributed by atoms with Crippen LogP contribution in [-0.4, -0.2) is 11.1 Å². The summed E-state index contributed by atoms with van der Waals surface area (Å²) in [6.45, 7) is 2.19. The largest absolute Gasteiger partial charge is 0.481 e. The Labute approximate surface area is 125 Å². The van der Waals surface area contributed by atoms with Gasteiger partial charge in [0.05, 0.1) is 6.42 Å². The van der Waals surface area contributed by atoms with Crippen molar-refractivity contribution < 1.29 is 9.90 Å². The van der Waals surface area contributed by atoms with Crippen LogP contribution >= 0.6 is 0 Å². The fourth-order valence-electron chi connectivity index (χ4n) is 2.24. The van der Waals surface area contributed by atoms with Crippen LogP contribution in [0.5, 0.6) is 0 Å². The summed E-state index contributed by atoms with van der Waals surface area (Å²) in [4.78, 5) is 10.6. The van der Waals surface area contributed by atoms with E-state index in [0.29, 0.717) is 11.8 Å². The molecule has 1 unspecified atom stereocenters. The summed E-state index contributed by atoms with van der Waals surface area (Å²) < 4.78 is 0. The van der Waals surface area contributed by atoms with E-state index in [1.165, 1.54) is 0 Å². The number of hydrogen-bond donors (Lipinski definition) is 1. The Morgan fingerprint density at radius 3 is 2.33 bits per heavy atom. The predicted molar refractivity (Wildman–Crippen MR) is 86.9 cm³/mol. The van der Waals surface area contributed by atoms with Crippen molar-refractivity contribution in [3.8, 4) is 0 Å². The molecule has 1 aliphatic rings. The molecule has 0 heterocycles. The van der Waals surface area contributed by atoms with E-state index >= 15 is 0 Å². The third kappa shape index (κ3) is 4.92. The lowest BCUT2D eigenvalue weighted by molar-refractivity contribution is -0.136. The summed E-state index contributed by atoms with van der Waals surface area (Å²) in [5.74, 6) is 0.0195. The number of allylic oxidation sites excluding steroid dienone is 7. The zero-order valence-corrected chi connectivity index (χ0v) is 12.1. The number of benzene rings is 1. The van der Waals surface area contributed by atoms with Crippen LogP contribution in [0.3, 0.4) is 0 Å². The van der Waals surface area contributed by atoms with Crippen molar-refractivity contribution in [1.82, 2.24) is 0 Å². The molecule has 1 aromatic carbocycles. The quantitative estimate of drug-likeness (QED) is 0.875. The molecule has 2 nitrogen and oxygen atoms in total. The molecule has 0 aliphatic heterocycles. The van der Waals surface area contributed by atoms with E-state index < -0.39 is 5.97 Å². The van der Waals surface area contributed by atoms with Crippen molar-refractivity contribution in [3.63, 3.8) is 0 Å². The number of hydrogen-bond acceptors (Lipinski definition) is 1. The van der Waals surface area contributed by atoms with Crippen molar-refractivity contribution in [2.24, 2.45) is 11.8 Å². The highest BCUT2D eigenvalue weighted by Gasteiger charge is 2.08. The Balaban J connectivity index is 1.98. The van der Waals surface area contributed by atoms with E-state index in [2.05, 4.69) is 43.4 Å². The third-order valence-corrected chi connectivity index (χ3v) is 3.53. The summed E-state index contributed by atoms with van der Waals surface area (Å²) in [5.41, 5.74) is 1.92. The Morgan fingerprint density at radius 1 is 1.14 bits per heavy atom. The van der Waals surface area contributed by atoms with E-state index in [0.717, 1.165) is 11.1 Å². The second-order valence-electron chi connectivity index (χ2n) is 5.26. The molecule has 0 aromatic heterocycles. The zero-order chi connectivity index (χ0) is 15.1. The Bertz CT molecular complexity index is 572. The highest BCUT2D eigenvalue weighted by Crippen LogP contribution is 2.19. The molecular formula is C19H20O2. The van der Waals surface area contributed by atoms with Gasteiger partial charge in [-0.1, -0.05) is 79.8 Å². The Kier molecular flexibility index (Phi) is 5.33. The highest BCUT2D eigenvalue weighted by atomic mass is 16.4. The van der Waals surface area contributed by atoms with Gasteiger partial charge in [0.15, 0.2) is 0 Å². The number of aliphatic carboxylic acids is 1. The molecule has 2 rings (SSSR count). The third-order valence-electron chi connectivity index (χ3n) is 3.53. The molecule has 0 spiro atoms. The van der Waals surface area contributed by atoms with Gasteiger partial charge < -0.3 is 5.11 Å². The second kappa shape index (κ2) is 7.44. The topological polar surface area (TPSA) is 37.3 Å². The smallest absolute Gasteiger partial charge is 0.307 e. The first kappa shape index (κ1) is 15.0. The molecule has 21 heavy (non-hydrogen) atoms. The molecule has 108 valence electrons. The minimum Gasteiger partial charge on any atom is -0.481 e. The van der Waals surface area contributed by atoms with Gasteiger partial charge in [0, 0.05) is 5.92 Å². The van der Waals surface area contributed by atoms with Crippen LogP contribution in [0.4, 0.5) is 0 Å². The number of carbonyl (C=O) groups is 1. The SMILES string of the molecule is CC(/C=C/c1ccc(CC(=O)O)cc1)C1C=CC=CC=C1. The fourth-order valence-corrected chi connectivity index (χ4v) is 2.24. The van der Waals surface area contributed by atoms with Gasteiger partial charge in [-0.15, -0.1) is 0 Å². The maximum absolute atomic E-state index is 10.6. The lowest BCUT2D eigenvalue weighted by Crippen LogP contribution is -2.02. The average Bonchev–Trinajstić information content (AvgIpc) is 2.75. The van der Waals surface area contributed by atoms with Gasteiger partial charge in [-0.25, -0.2) is 0 Å². The summed E-state index contributed by atoms with van der Waals surface area (Å²) in [7, 11) is 0. The maximum atomic E-state index is 10.6. The van der Waals surface area contributed by atoms with Crippen LogP contribution in [-0.2, 0) is 11.2 Å². The van der Waals surface area contributed by atoms with Crippen LogP contribution in [0.25, 0.3) is 6.08 Å². The fraction of sp³-hybridized carbons (Fsp3) is 0.211.